The zero-order valence-electron chi connectivity index (χ0n) is 13.9. The van der Waals surface area contributed by atoms with E-state index < -0.39 is 0 Å². The normalized spacial score (nSPS) is 20.0. The fraction of sp³-hybridized carbons (Fsp3) is 0.600. The van der Waals surface area contributed by atoms with Crippen LogP contribution in [0.4, 0.5) is 0 Å². The Bertz CT molecular complexity index is 443. The van der Waals surface area contributed by atoms with Crippen molar-refractivity contribution in [2.45, 2.75) is 71.8 Å². The van der Waals surface area contributed by atoms with Gasteiger partial charge < -0.3 is 4.74 Å². The molecular weight excluding hydrogens is 256 g/mol. The molecule has 1 aromatic rings. The van der Waals surface area contributed by atoms with Crippen molar-refractivity contribution in [2.24, 2.45) is 5.92 Å². The topological polar surface area (TPSA) is 9.23 Å². The highest BCUT2D eigenvalue weighted by Crippen LogP contribution is 2.33. The van der Waals surface area contributed by atoms with E-state index >= 15 is 0 Å². The molecule has 0 amide bonds. The van der Waals surface area contributed by atoms with Crippen LogP contribution in [0.15, 0.2) is 30.3 Å². The first-order valence-corrected chi connectivity index (χ1v) is 8.69. The molecule has 1 aliphatic rings. The van der Waals surface area contributed by atoms with E-state index in [2.05, 4.69) is 51.1 Å². The molecule has 0 heterocycles. The van der Waals surface area contributed by atoms with E-state index in [9.17, 15) is 0 Å². The Labute approximate surface area is 130 Å². The highest BCUT2D eigenvalue weighted by atomic mass is 16.5. The van der Waals surface area contributed by atoms with Crippen LogP contribution in [-0.2, 0) is 0 Å². The Balaban J connectivity index is 1.93. The molecule has 2 rings (SSSR count). The van der Waals surface area contributed by atoms with Crippen LogP contribution in [0.1, 0.15) is 71.3 Å². The van der Waals surface area contributed by atoms with Crippen LogP contribution in [0.3, 0.4) is 0 Å². The van der Waals surface area contributed by atoms with Crippen molar-refractivity contribution in [3.05, 3.63) is 35.9 Å². The maximum atomic E-state index is 5.93. The number of hydrogen-bond acceptors (Lipinski definition) is 1. The second kappa shape index (κ2) is 8.26. The number of ether oxygens (including phenoxy) is 1. The standard InChI is InChI=1S/C20H30O/c1-4-6-16(3)21-20-14-12-19(13-15-20)18-10-8-17(7-5-2)9-11-18/h10,12-17H,4-9,11H2,1-3H3. The van der Waals surface area contributed by atoms with Gasteiger partial charge in [-0.2, -0.15) is 0 Å². The third-order valence-corrected chi connectivity index (χ3v) is 4.47. The maximum Gasteiger partial charge on any atom is 0.119 e. The Kier molecular flexibility index (Phi) is 6.35. The molecule has 0 aliphatic heterocycles. The quantitative estimate of drug-likeness (QED) is 0.576. The zero-order chi connectivity index (χ0) is 15.1. The van der Waals surface area contributed by atoms with E-state index in [1.54, 1.807) is 0 Å². The van der Waals surface area contributed by atoms with Gasteiger partial charge in [-0.3, -0.25) is 0 Å². The van der Waals surface area contributed by atoms with Gasteiger partial charge in [0.05, 0.1) is 6.10 Å². The van der Waals surface area contributed by atoms with Gasteiger partial charge in [-0.25, -0.2) is 0 Å². The molecule has 1 aliphatic carbocycles. The Morgan fingerprint density at radius 3 is 2.48 bits per heavy atom. The van der Waals surface area contributed by atoms with Gasteiger partial charge in [0.25, 0.3) is 0 Å². The van der Waals surface area contributed by atoms with Gasteiger partial charge >= 0.3 is 0 Å². The van der Waals surface area contributed by atoms with Crippen molar-refractivity contribution in [3.8, 4) is 5.75 Å². The molecule has 0 spiro atoms. The van der Waals surface area contributed by atoms with Crippen molar-refractivity contribution in [1.82, 2.24) is 0 Å². The van der Waals surface area contributed by atoms with E-state index in [1.807, 2.05) is 0 Å². The van der Waals surface area contributed by atoms with Crippen LogP contribution >= 0.6 is 0 Å². The average molecular weight is 286 g/mol. The zero-order valence-corrected chi connectivity index (χ0v) is 13.9. The SMILES string of the molecule is CCCC1CC=C(c2ccc(OC(C)CCC)cc2)CC1. The van der Waals surface area contributed by atoms with Gasteiger partial charge in [0.15, 0.2) is 0 Å². The molecule has 0 N–H and O–H groups in total. The van der Waals surface area contributed by atoms with Gasteiger partial charge in [0.1, 0.15) is 5.75 Å². The maximum absolute atomic E-state index is 5.93. The lowest BCUT2D eigenvalue weighted by atomic mass is 9.84. The third-order valence-electron chi connectivity index (χ3n) is 4.47. The van der Waals surface area contributed by atoms with Crippen molar-refractivity contribution in [2.75, 3.05) is 0 Å². The summed E-state index contributed by atoms with van der Waals surface area (Å²) in [5, 5.41) is 0. The second-order valence-corrected chi connectivity index (χ2v) is 6.40. The molecule has 0 fully saturated rings. The Morgan fingerprint density at radius 1 is 1.14 bits per heavy atom. The van der Waals surface area contributed by atoms with Crippen LogP contribution < -0.4 is 4.74 Å². The Morgan fingerprint density at radius 2 is 1.90 bits per heavy atom. The lowest BCUT2D eigenvalue weighted by molar-refractivity contribution is 0.210. The second-order valence-electron chi connectivity index (χ2n) is 6.40. The van der Waals surface area contributed by atoms with Crippen molar-refractivity contribution >= 4 is 5.57 Å². The fourth-order valence-corrected chi connectivity index (χ4v) is 3.27. The van der Waals surface area contributed by atoms with Crippen LogP contribution in [0, 0.1) is 5.92 Å². The third kappa shape index (κ3) is 4.91. The molecule has 0 aromatic heterocycles. The highest BCUT2D eigenvalue weighted by Gasteiger charge is 2.14. The highest BCUT2D eigenvalue weighted by molar-refractivity contribution is 5.66. The van der Waals surface area contributed by atoms with E-state index in [1.165, 1.54) is 49.7 Å². The predicted molar refractivity (Wildman–Crippen MR) is 91.7 cm³/mol. The van der Waals surface area contributed by atoms with E-state index in [0.717, 1.165) is 18.1 Å². The monoisotopic (exact) mass is 286 g/mol. The lowest BCUT2D eigenvalue weighted by Crippen LogP contribution is -2.10. The molecule has 1 nitrogen and oxygen atoms in total. The molecule has 116 valence electrons. The summed E-state index contributed by atoms with van der Waals surface area (Å²) in [5.74, 6) is 1.91. The summed E-state index contributed by atoms with van der Waals surface area (Å²) in [6.45, 7) is 6.64. The summed E-state index contributed by atoms with van der Waals surface area (Å²) < 4.78 is 5.93. The van der Waals surface area contributed by atoms with Gasteiger partial charge in [0, 0.05) is 0 Å². The smallest absolute Gasteiger partial charge is 0.119 e. The summed E-state index contributed by atoms with van der Waals surface area (Å²) in [6.07, 6.45) is 11.6. The van der Waals surface area contributed by atoms with Gasteiger partial charge in [-0.05, 0) is 61.8 Å². The van der Waals surface area contributed by atoms with E-state index in [4.69, 9.17) is 4.74 Å². The average Bonchev–Trinajstić information content (AvgIpc) is 2.49. The first-order chi connectivity index (χ1) is 10.2. The molecule has 21 heavy (non-hydrogen) atoms. The van der Waals surface area contributed by atoms with Gasteiger partial charge in [-0.1, -0.05) is 51.3 Å². The molecule has 0 saturated heterocycles. The molecule has 1 heteroatoms. The van der Waals surface area contributed by atoms with E-state index in [0.29, 0.717) is 6.10 Å². The first kappa shape index (κ1) is 16.1. The predicted octanol–water partition coefficient (Wildman–Crippen LogP) is 6.24. The molecule has 0 saturated carbocycles. The molecule has 0 radical (unpaired) electrons. The van der Waals surface area contributed by atoms with Crippen molar-refractivity contribution < 1.29 is 4.74 Å². The molecule has 1 aromatic carbocycles. The lowest BCUT2D eigenvalue weighted by Gasteiger charge is -2.22. The van der Waals surface area contributed by atoms with Gasteiger partial charge in [-0.15, -0.1) is 0 Å². The summed E-state index contributed by atoms with van der Waals surface area (Å²) in [6, 6.07) is 8.70. The van der Waals surface area contributed by atoms with Gasteiger partial charge in [0.2, 0.25) is 0 Å². The van der Waals surface area contributed by atoms with Crippen LogP contribution in [0.25, 0.3) is 5.57 Å². The Hall–Kier alpha value is -1.24. The number of rotatable bonds is 7. The fourth-order valence-electron chi connectivity index (χ4n) is 3.27. The number of hydrogen-bond donors (Lipinski definition) is 0. The van der Waals surface area contributed by atoms with Crippen molar-refractivity contribution in [3.63, 3.8) is 0 Å². The van der Waals surface area contributed by atoms with Crippen LogP contribution in [0.2, 0.25) is 0 Å². The number of benzene rings is 1. The summed E-state index contributed by atoms with van der Waals surface area (Å²) in [4.78, 5) is 0. The van der Waals surface area contributed by atoms with Crippen molar-refractivity contribution in [1.29, 1.82) is 0 Å². The molecule has 2 atom stereocenters. The molecule has 2 unspecified atom stereocenters. The summed E-state index contributed by atoms with van der Waals surface area (Å²) in [7, 11) is 0. The first-order valence-electron chi connectivity index (χ1n) is 8.69. The minimum absolute atomic E-state index is 0.310. The molecule has 0 bridgehead atoms. The van der Waals surface area contributed by atoms with E-state index in [-0.39, 0.29) is 0 Å². The largest absolute Gasteiger partial charge is 0.491 e. The van der Waals surface area contributed by atoms with Crippen LogP contribution in [0.5, 0.6) is 5.75 Å². The number of allylic oxidation sites excluding steroid dienone is 2. The summed E-state index contributed by atoms with van der Waals surface area (Å²) in [5.41, 5.74) is 2.90. The summed E-state index contributed by atoms with van der Waals surface area (Å²) >= 11 is 0. The molecular formula is C20H30O. The minimum Gasteiger partial charge on any atom is -0.491 e. The van der Waals surface area contributed by atoms with Crippen LogP contribution in [-0.4, -0.2) is 6.10 Å². The minimum atomic E-state index is 0.310.